The highest BCUT2D eigenvalue weighted by Crippen LogP contribution is 2.45. The maximum Gasteiger partial charge on any atom is 0.511 e. The van der Waals surface area contributed by atoms with Crippen molar-refractivity contribution < 1.29 is 50.6 Å². The first-order valence-electron chi connectivity index (χ1n) is 17.7. The monoisotopic (exact) mass is 781 g/mol. The largest absolute Gasteiger partial charge is 0.511 e. The number of nitrogens with zero attached hydrogens (tertiary/aromatic N) is 2. The van der Waals surface area contributed by atoms with Crippen molar-refractivity contribution in [3.63, 3.8) is 0 Å². The molecule has 5 rings (SSSR count). The molecule has 0 aliphatic heterocycles. The molecule has 4 atom stereocenters. The molecule has 1 saturated carbocycles. The minimum absolute atomic E-state index is 0.0168. The number of carboxylic acids is 1. The standard InChI is InChI=1S/C40H42F3N3O8S/c1-3-23-45(25-27-15-19-31(20-16-27)53-29-11-7-5-8-12-29)37(47)33-34(36(35(33)39(49)50)44-55(51,52)40(41,42)43)38(48)46(24-4-2)26-28-17-21-32(22-18-28)54-30-13-9-6-10-14-30/h5-22,33-36,44H,3-4,23-26H2,1-2H3,(H,49,50)/t33-,34-,35-,36-/m1/s1. The Morgan fingerprint density at radius 1 is 0.636 bits per heavy atom. The molecule has 2 N–H and O–H groups in total. The van der Waals surface area contributed by atoms with Crippen LogP contribution in [0.1, 0.15) is 37.8 Å². The van der Waals surface area contributed by atoms with Crippen LogP contribution in [0.3, 0.4) is 0 Å². The Bertz CT molecular complexity index is 2020. The number of sulfonamides is 1. The highest BCUT2D eigenvalue weighted by Gasteiger charge is 2.64. The van der Waals surface area contributed by atoms with Gasteiger partial charge in [0.05, 0.1) is 17.8 Å². The minimum atomic E-state index is -6.11. The number of alkyl halides is 3. The number of ether oxygens (including phenoxy) is 2. The zero-order valence-corrected chi connectivity index (χ0v) is 31.0. The normalized spacial score (nSPS) is 18.1. The van der Waals surface area contributed by atoms with Gasteiger partial charge in [-0.05, 0) is 72.5 Å². The molecular formula is C40H42F3N3O8S. The van der Waals surface area contributed by atoms with Crippen molar-refractivity contribution in [1.82, 2.24) is 14.5 Å². The number of aliphatic carboxylic acids is 1. The highest BCUT2D eigenvalue weighted by atomic mass is 32.2. The minimum Gasteiger partial charge on any atom is -0.481 e. The van der Waals surface area contributed by atoms with Crippen LogP contribution in [0, 0.1) is 17.8 Å². The molecule has 2 amide bonds. The second-order valence-corrected chi connectivity index (χ2v) is 14.9. The number of halogens is 3. The molecule has 292 valence electrons. The van der Waals surface area contributed by atoms with E-state index in [4.69, 9.17) is 9.47 Å². The summed E-state index contributed by atoms with van der Waals surface area (Å²) in [5.41, 5.74) is -4.55. The Labute approximate surface area is 317 Å². The van der Waals surface area contributed by atoms with Gasteiger partial charge in [-0.15, -0.1) is 0 Å². The zero-order chi connectivity index (χ0) is 39.8. The number of carbonyl (C=O) groups is 3. The summed E-state index contributed by atoms with van der Waals surface area (Å²) in [6, 6.07) is 29.6. The molecule has 0 aromatic heterocycles. The third-order valence-corrected chi connectivity index (χ3v) is 10.4. The van der Waals surface area contributed by atoms with Crippen LogP contribution in [0.15, 0.2) is 109 Å². The van der Waals surface area contributed by atoms with Crippen molar-refractivity contribution in [2.75, 3.05) is 13.1 Å². The first-order valence-corrected chi connectivity index (χ1v) is 19.2. The molecule has 55 heavy (non-hydrogen) atoms. The summed E-state index contributed by atoms with van der Waals surface area (Å²) < 4.78 is 78.8. The molecule has 0 bridgehead atoms. The lowest BCUT2D eigenvalue weighted by molar-refractivity contribution is -0.172. The third kappa shape index (κ3) is 10.0. The topological polar surface area (TPSA) is 143 Å². The fourth-order valence-electron chi connectivity index (χ4n) is 6.57. The van der Waals surface area contributed by atoms with Gasteiger partial charge in [0.25, 0.3) is 0 Å². The van der Waals surface area contributed by atoms with Crippen molar-refractivity contribution >= 4 is 27.8 Å². The molecule has 1 aliphatic carbocycles. The summed E-state index contributed by atoms with van der Waals surface area (Å²) >= 11 is 0. The maximum atomic E-state index is 14.4. The highest BCUT2D eigenvalue weighted by molar-refractivity contribution is 7.90. The van der Waals surface area contributed by atoms with Gasteiger partial charge in [-0.2, -0.15) is 13.2 Å². The lowest BCUT2D eigenvalue weighted by atomic mass is 9.59. The van der Waals surface area contributed by atoms with E-state index in [0.29, 0.717) is 47.0 Å². The first kappa shape index (κ1) is 40.8. The van der Waals surface area contributed by atoms with Crippen molar-refractivity contribution in [3.05, 3.63) is 120 Å². The van der Waals surface area contributed by atoms with E-state index >= 15 is 0 Å². The molecule has 1 fully saturated rings. The second kappa shape index (κ2) is 17.8. The van der Waals surface area contributed by atoms with Crippen molar-refractivity contribution in [2.24, 2.45) is 17.8 Å². The molecular weight excluding hydrogens is 740 g/mol. The van der Waals surface area contributed by atoms with E-state index in [-0.39, 0.29) is 26.2 Å². The van der Waals surface area contributed by atoms with E-state index in [2.05, 4.69) is 0 Å². The van der Waals surface area contributed by atoms with Gasteiger partial charge in [-0.25, -0.2) is 13.1 Å². The molecule has 11 nitrogen and oxygen atoms in total. The predicted molar refractivity (Wildman–Crippen MR) is 197 cm³/mol. The summed E-state index contributed by atoms with van der Waals surface area (Å²) in [7, 11) is -6.11. The molecule has 0 spiro atoms. The molecule has 4 aromatic rings. The van der Waals surface area contributed by atoms with Gasteiger partial charge < -0.3 is 24.4 Å². The summed E-state index contributed by atoms with van der Waals surface area (Å²) in [5.74, 6) is -6.50. The summed E-state index contributed by atoms with van der Waals surface area (Å²) in [5, 5.41) is 10.2. The SMILES string of the molecule is CCCN(Cc1ccc(Oc2ccccc2)cc1)C(=O)[C@H]1[C@@H](C(=O)O)[C@H](NS(=O)(=O)C(F)(F)F)[C@@H]1C(=O)N(CCC)Cc1ccc(Oc2ccccc2)cc1. The average Bonchev–Trinajstić information content (AvgIpc) is 3.14. The fourth-order valence-corrected chi connectivity index (χ4v) is 7.36. The number of benzene rings is 4. The van der Waals surface area contributed by atoms with Crippen molar-refractivity contribution in [2.45, 2.75) is 51.3 Å². The van der Waals surface area contributed by atoms with E-state index < -0.39 is 57.1 Å². The predicted octanol–water partition coefficient (Wildman–Crippen LogP) is 7.20. The Kier molecular flexibility index (Phi) is 13.2. The number of rotatable bonds is 17. The number of carboxylic acid groups (broad SMARTS) is 1. The summed E-state index contributed by atoms with van der Waals surface area (Å²) in [4.78, 5) is 44.0. The Hall–Kier alpha value is -5.41. The molecule has 0 heterocycles. The van der Waals surface area contributed by atoms with E-state index in [1.165, 1.54) is 14.5 Å². The van der Waals surface area contributed by atoms with Gasteiger partial charge in [0.2, 0.25) is 11.8 Å². The van der Waals surface area contributed by atoms with Crippen LogP contribution in [0.5, 0.6) is 23.0 Å². The van der Waals surface area contributed by atoms with Crippen LogP contribution in [-0.4, -0.2) is 65.7 Å². The van der Waals surface area contributed by atoms with Crippen LogP contribution in [0.25, 0.3) is 0 Å². The van der Waals surface area contributed by atoms with Crippen LogP contribution in [-0.2, 0) is 37.5 Å². The molecule has 4 aromatic carbocycles. The van der Waals surface area contributed by atoms with E-state index in [1.54, 1.807) is 86.6 Å². The number of hydrogen-bond donors (Lipinski definition) is 2. The molecule has 1 aliphatic rings. The van der Waals surface area contributed by atoms with Gasteiger partial charge in [-0.1, -0.05) is 74.5 Å². The number of carbonyl (C=O) groups excluding carboxylic acids is 2. The van der Waals surface area contributed by atoms with Crippen molar-refractivity contribution in [3.8, 4) is 23.0 Å². The Morgan fingerprint density at radius 3 is 1.38 bits per heavy atom. The van der Waals surface area contributed by atoms with Gasteiger partial charge in [-0.3, -0.25) is 14.4 Å². The summed E-state index contributed by atoms with van der Waals surface area (Å²) in [6.07, 6.45) is 0.833. The lowest BCUT2D eigenvalue weighted by Crippen LogP contribution is -2.70. The van der Waals surface area contributed by atoms with Crippen LogP contribution in [0.2, 0.25) is 0 Å². The molecule has 0 radical (unpaired) electrons. The number of nitrogens with one attached hydrogen (secondary N) is 1. The summed E-state index contributed by atoms with van der Waals surface area (Å²) in [6.45, 7) is 3.70. The van der Waals surface area contributed by atoms with Gasteiger partial charge >= 0.3 is 21.5 Å². The van der Waals surface area contributed by atoms with Crippen LogP contribution >= 0.6 is 0 Å². The zero-order valence-electron chi connectivity index (χ0n) is 30.2. The molecule has 0 saturated heterocycles. The van der Waals surface area contributed by atoms with E-state index in [9.17, 15) is 41.1 Å². The Morgan fingerprint density at radius 2 is 1.02 bits per heavy atom. The fraction of sp³-hybridized carbons (Fsp3) is 0.325. The van der Waals surface area contributed by atoms with Crippen LogP contribution in [0.4, 0.5) is 13.2 Å². The van der Waals surface area contributed by atoms with Gasteiger partial charge in [0, 0.05) is 32.2 Å². The van der Waals surface area contributed by atoms with Crippen molar-refractivity contribution in [1.29, 1.82) is 0 Å². The second-order valence-electron chi connectivity index (χ2n) is 13.1. The molecule has 0 unspecified atom stereocenters. The van der Waals surface area contributed by atoms with E-state index in [0.717, 1.165) is 0 Å². The van der Waals surface area contributed by atoms with E-state index in [1.807, 2.05) is 36.4 Å². The number of para-hydroxylation sites is 2. The molecule has 15 heteroatoms. The lowest BCUT2D eigenvalue weighted by Gasteiger charge is -2.50. The average molecular weight is 782 g/mol. The Balaban J connectivity index is 1.42. The van der Waals surface area contributed by atoms with Crippen LogP contribution < -0.4 is 14.2 Å². The smallest absolute Gasteiger partial charge is 0.481 e. The van der Waals surface area contributed by atoms with Gasteiger partial charge in [0.15, 0.2) is 0 Å². The first-order chi connectivity index (χ1) is 26.2. The third-order valence-electron chi connectivity index (χ3n) is 9.16. The number of hydrogen-bond acceptors (Lipinski definition) is 7. The quantitative estimate of drug-likeness (QED) is 0.115. The number of amides is 2. The van der Waals surface area contributed by atoms with Gasteiger partial charge in [0.1, 0.15) is 23.0 Å². The maximum absolute atomic E-state index is 14.4.